The van der Waals surface area contributed by atoms with E-state index >= 15 is 0 Å². The lowest BCUT2D eigenvalue weighted by atomic mass is 10.1. The van der Waals surface area contributed by atoms with Crippen molar-refractivity contribution in [2.75, 3.05) is 6.54 Å². The van der Waals surface area contributed by atoms with E-state index in [2.05, 4.69) is 71.4 Å². The van der Waals surface area contributed by atoms with Crippen molar-refractivity contribution in [2.24, 2.45) is 5.73 Å². The molecular formula is C15H16BrNS. The van der Waals surface area contributed by atoms with Crippen molar-refractivity contribution >= 4 is 27.7 Å². The fraction of sp³-hybridized carbons (Fsp3) is 0.200. The predicted octanol–water partition coefficient (Wildman–Crippen LogP) is 4.55. The third-order valence-electron chi connectivity index (χ3n) is 2.76. The maximum atomic E-state index is 5.89. The summed E-state index contributed by atoms with van der Waals surface area (Å²) >= 11 is 5.27. The van der Waals surface area contributed by atoms with Crippen molar-refractivity contribution in [3.63, 3.8) is 0 Å². The number of benzene rings is 2. The molecule has 0 saturated heterocycles. The molecule has 2 N–H and O–H groups in total. The first-order chi connectivity index (χ1) is 8.69. The average molecular weight is 322 g/mol. The Morgan fingerprint density at radius 3 is 2.22 bits per heavy atom. The molecule has 0 aromatic heterocycles. The van der Waals surface area contributed by atoms with Gasteiger partial charge in [-0.15, -0.1) is 11.8 Å². The molecule has 0 aliphatic heterocycles. The summed E-state index contributed by atoms with van der Waals surface area (Å²) in [7, 11) is 0. The molecule has 3 heteroatoms. The second-order valence-corrected chi connectivity index (χ2v) is 6.40. The lowest BCUT2D eigenvalue weighted by Crippen LogP contribution is -2.09. The van der Waals surface area contributed by atoms with Crippen molar-refractivity contribution in [3.8, 4) is 0 Å². The number of thioether (sulfide) groups is 1. The van der Waals surface area contributed by atoms with Crippen LogP contribution in [0.25, 0.3) is 0 Å². The maximum absolute atomic E-state index is 5.89. The van der Waals surface area contributed by atoms with Crippen LogP contribution in [0.3, 0.4) is 0 Å². The Morgan fingerprint density at radius 1 is 1.06 bits per heavy atom. The molecule has 0 saturated carbocycles. The van der Waals surface area contributed by atoms with Crippen LogP contribution < -0.4 is 5.73 Å². The molecule has 18 heavy (non-hydrogen) atoms. The molecule has 0 heterocycles. The smallest absolute Gasteiger partial charge is 0.0466 e. The lowest BCUT2D eigenvalue weighted by Gasteiger charge is -2.15. The maximum Gasteiger partial charge on any atom is 0.0466 e. The number of rotatable bonds is 4. The summed E-state index contributed by atoms with van der Waals surface area (Å²) in [5, 5.41) is 0.306. The summed E-state index contributed by atoms with van der Waals surface area (Å²) in [6, 6.07) is 17.0. The number of nitrogens with two attached hydrogens (primary N) is 1. The van der Waals surface area contributed by atoms with Crippen LogP contribution in [0.2, 0.25) is 0 Å². The van der Waals surface area contributed by atoms with Gasteiger partial charge in [0.1, 0.15) is 0 Å². The minimum absolute atomic E-state index is 0.306. The first-order valence-electron chi connectivity index (χ1n) is 5.88. The standard InChI is InChI=1S/C15H16BrNS/c1-11-2-8-14(9-3-11)18-15(10-17)12-4-6-13(16)7-5-12/h2-9,15H,10,17H2,1H3. The van der Waals surface area contributed by atoms with Gasteiger partial charge in [0.25, 0.3) is 0 Å². The largest absolute Gasteiger partial charge is 0.329 e. The van der Waals surface area contributed by atoms with Crippen molar-refractivity contribution in [1.82, 2.24) is 0 Å². The SMILES string of the molecule is Cc1ccc(SC(CN)c2ccc(Br)cc2)cc1. The zero-order valence-corrected chi connectivity index (χ0v) is 12.7. The molecule has 2 aromatic carbocycles. The minimum Gasteiger partial charge on any atom is -0.329 e. The van der Waals surface area contributed by atoms with E-state index in [-0.39, 0.29) is 0 Å². The molecule has 0 spiro atoms. The molecular weight excluding hydrogens is 306 g/mol. The zero-order valence-electron chi connectivity index (χ0n) is 10.3. The molecule has 94 valence electrons. The van der Waals surface area contributed by atoms with Gasteiger partial charge in [-0.2, -0.15) is 0 Å². The van der Waals surface area contributed by atoms with Crippen LogP contribution in [-0.4, -0.2) is 6.54 Å². The van der Waals surface area contributed by atoms with Crippen LogP contribution in [0.15, 0.2) is 57.9 Å². The molecule has 1 unspecified atom stereocenters. The fourth-order valence-electron chi connectivity index (χ4n) is 1.71. The quantitative estimate of drug-likeness (QED) is 0.836. The van der Waals surface area contributed by atoms with Crippen molar-refractivity contribution in [2.45, 2.75) is 17.1 Å². The van der Waals surface area contributed by atoms with Gasteiger partial charge >= 0.3 is 0 Å². The monoisotopic (exact) mass is 321 g/mol. The number of aryl methyl sites for hydroxylation is 1. The first-order valence-corrected chi connectivity index (χ1v) is 7.55. The molecule has 1 atom stereocenters. The van der Waals surface area contributed by atoms with E-state index in [1.54, 1.807) is 0 Å². The highest BCUT2D eigenvalue weighted by molar-refractivity contribution is 9.10. The summed E-state index contributed by atoms with van der Waals surface area (Å²) in [6.07, 6.45) is 0. The van der Waals surface area contributed by atoms with Crippen molar-refractivity contribution in [1.29, 1.82) is 0 Å². The van der Waals surface area contributed by atoms with E-state index in [0.717, 1.165) is 4.47 Å². The zero-order chi connectivity index (χ0) is 13.0. The second kappa shape index (κ2) is 6.41. The van der Waals surface area contributed by atoms with E-state index in [1.165, 1.54) is 16.0 Å². The van der Waals surface area contributed by atoms with Gasteiger partial charge < -0.3 is 5.73 Å². The van der Waals surface area contributed by atoms with Crippen LogP contribution in [0, 0.1) is 6.92 Å². The summed E-state index contributed by atoms with van der Waals surface area (Å²) < 4.78 is 1.10. The van der Waals surface area contributed by atoms with Crippen LogP contribution in [-0.2, 0) is 0 Å². The Hall–Kier alpha value is -0.770. The van der Waals surface area contributed by atoms with Gasteiger partial charge in [-0.3, -0.25) is 0 Å². The van der Waals surface area contributed by atoms with Crippen LogP contribution >= 0.6 is 27.7 Å². The van der Waals surface area contributed by atoms with E-state index in [4.69, 9.17) is 5.73 Å². The van der Waals surface area contributed by atoms with Gasteiger partial charge in [0.15, 0.2) is 0 Å². The third kappa shape index (κ3) is 3.61. The molecule has 1 nitrogen and oxygen atoms in total. The van der Waals surface area contributed by atoms with Gasteiger partial charge in [0.2, 0.25) is 0 Å². The van der Waals surface area contributed by atoms with E-state index in [0.29, 0.717) is 11.8 Å². The summed E-state index contributed by atoms with van der Waals surface area (Å²) in [6.45, 7) is 2.74. The highest BCUT2D eigenvalue weighted by Crippen LogP contribution is 2.34. The summed E-state index contributed by atoms with van der Waals surface area (Å²) in [4.78, 5) is 1.26. The van der Waals surface area contributed by atoms with Gasteiger partial charge in [-0.1, -0.05) is 45.8 Å². The molecule has 0 amide bonds. The van der Waals surface area contributed by atoms with Crippen LogP contribution in [0.4, 0.5) is 0 Å². The van der Waals surface area contributed by atoms with Gasteiger partial charge in [0, 0.05) is 21.2 Å². The molecule has 0 aliphatic carbocycles. The van der Waals surface area contributed by atoms with Gasteiger partial charge in [-0.05, 0) is 36.8 Å². The molecule has 0 bridgehead atoms. The Labute approximate surface area is 121 Å². The number of halogens is 1. The average Bonchev–Trinajstić information content (AvgIpc) is 2.39. The molecule has 0 fully saturated rings. The van der Waals surface area contributed by atoms with E-state index < -0.39 is 0 Å². The highest BCUT2D eigenvalue weighted by atomic mass is 79.9. The molecule has 2 rings (SSSR count). The van der Waals surface area contributed by atoms with E-state index in [9.17, 15) is 0 Å². The Kier molecular flexibility index (Phi) is 4.87. The second-order valence-electron chi connectivity index (χ2n) is 4.21. The highest BCUT2D eigenvalue weighted by Gasteiger charge is 2.11. The Bertz CT molecular complexity index is 493. The van der Waals surface area contributed by atoms with Crippen LogP contribution in [0.1, 0.15) is 16.4 Å². The minimum atomic E-state index is 0.306. The molecule has 2 aromatic rings. The number of hydrogen-bond donors (Lipinski definition) is 1. The van der Waals surface area contributed by atoms with Crippen molar-refractivity contribution < 1.29 is 0 Å². The molecule has 0 aliphatic rings. The molecule has 0 radical (unpaired) electrons. The summed E-state index contributed by atoms with van der Waals surface area (Å²) in [5.74, 6) is 0. The normalized spacial score (nSPS) is 12.4. The Balaban J connectivity index is 2.14. The van der Waals surface area contributed by atoms with Crippen LogP contribution in [0.5, 0.6) is 0 Å². The predicted molar refractivity (Wildman–Crippen MR) is 83.0 cm³/mol. The third-order valence-corrected chi connectivity index (χ3v) is 4.58. The van der Waals surface area contributed by atoms with E-state index in [1.807, 2.05) is 11.8 Å². The number of hydrogen-bond acceptors (Lipinski definition) is 2. The fourth-order valence-corrected chi connectivity index (χ4v) is 2.99. The van der Waals surface area contributed by atoms with Gasteiger partial charge in [0.05, 0.1) is 0 Å². The van der Waals surface area contributed by atoms with Crippen molar-refractivity contribution in [3.05, 3.63) is 64.1 Å². The Morgan fingerprint density at radius 2 is 1.67 bits per heavy atom. The topological polar surface area (TPSA) is 26.0 Å². The summed E-state index contributed by atoms with van der Waals surface area (Å²) in [5.41, 5.74) is 8.44. The van der Waals surface area contributed by atoms with Gasteiger partial charge in [-0.25, -0.2) is 0 Å². The lowest BCUT2D eigenvalue weighted by molar-refractivity contribution is 0.940. The first kappa shape index (κ1) is 13.7.